The van der Waals surface area contributed by atoms with E-state index in [0.29, 0.717) is 5.30 Å². The number of hydrogen-bond donors (Lipinski definition) is 1. The molecule has 0 aliphatic carbocycles. The van der Waals surface area contributed by atoms with E-state index >= 15 is 0 Å². The van der Waals surface area contributed by atoms with Crippen LogP contribution in [0.1, 0.15) is 0 Å². The first-order valence-corrected chi connectivity index (χ1v) is 5.96. The standard InChI is InChI=1S/C7H8BrO2P/c1-11(9,10)7-4-2-6(8)3-5-7/h2-5H,1H3,(H,9,10). The molecule has 0 heterocycles. The van der Waals surface area contributed by atoms with Gasteiger partial charge in [-0.1, -0.05) is 15.9 Å². The molecule has 1 N–H and O–H groups in total. The van der Waals surface area contributed by atoms with Crippen molar-refractivity contribution in [3.63, 3.8) is 0 Å². The van der Waals surface area contributed by atoms with E-state index in [1.54, 1.807) is 24.3 Å². The Labute approximate surface area is 73.8 Å². The van der Waals surface area contributed by atoms with Gasteiger partial charge in [0.25, 0.3) is 0 Å². The molecule has 0 amide bonds. The lowest BCUT2D eigenvalue weighted by Gasteiger charge is -2.03. The first kappa shape index (κ1) is 8.98. The van der Waals surface area contributed by atoms with Crippen molar-refractivity contribution in [3.05, 3.63) is 28.7 Å². The molecule has 2 nitrogen and oxygen atoms in total. The second kappa shape index (κ2) is 3.10. The second-order valence-corrected chi connectivity index (χ2v) is 5.55. The molecule has 4 heteroatoms. The Kier molecular flexibility index (Phi) is 2.53. The third kappa shape index (κ3) is 2.44. The van der Waals surface area contributed by atoms with E-state index in [4.69, 9.17) is 4.89 Å². The van der Waals surface area contributed by atoms with Gasteiger partial charge >= 0.3 is 0 Å². The Hall–Kier alpha value is -0.110. The molecule has 0 bridgehead atoms. The molecule has 1 rings (SSSR count). The van der Waals surface area contributed by atoms with Gasteiger partial charge in [-0.15, -0.1) is 0 Å². The average Bonchev–Trinajstić information content (AvgIpc) is 1.86. The largest absolute Gasteiger partial charge is 0.341 e. The molecule has 60 valence electrons. The maximum atomic E-state index is 11.1. The SMILES string of the molecule is CP(=O)(O)c1ccc(Br)cc1. The summed E-state index contributed by atoms with van der Waals surface area (Å²) in [6.07, 6.45) is 0. The molecule has 0 spiro atoms. The van der Waals surface area contributed by atoms with Gasteiger partial charge in [-0.05, 0) is 24.3 Å². The minimum Gasteiger partial charge on any atom is -0.341 e. The fraction of sp³-hybridized carbons (Fsp3) is 0.143. The molecule has 1 aromatic carbocycles. The molecule has 0 radical (unpaired) electrons. The van der Waals surface area contributed by atoms with E-state index in [-0.39, 0.29) is 0 Å². The summed E-state index contributed by atoms with van der Waals surface area (Å²) in [5.41, 5.74) is 0. The van der Waals surface area contributed by atoms with Crippen LogP contribution in [-0.4, -0.2) is 11.6 Å². The predicted molar refractivity (Wildman–Crippen MR) is 49.5 cm³/mol. The Morgan fingerprint density at radius 3 is 2.18 bits per heavy atom. The molecule has 0 fully saturated rings. The van der Waals surface area contributed by atoms with Crippen molar-refractivity contribution in [1.82, 2.24) is 0 Å². The van der Waals surface area contributed by atoms with Crippen LogP contribution in [0.4, 0.5) is 0 Å². The van der Waals surface area contributed by atoms with Crippen LogP contribution in [0.25, 0.3) is 0 Å². The van der Waals surface area contributed by atoms with E-state index < -0.39 is 7.37 Å². The van der Waals surface area contributed by atoms with E-state index in [0.717, 1.165) is 4.47 Å². The first-order chi connectivity index (χ1) is 5.00. The lowest BCUT2D eigenvalue weighted by Crippen LogP contribution is -2.01. The van der Waals surface area contributed by atoms with Crippen molar-refractivity contribution in [2.75, 3.05) is 6.66 Å². The summed E-state index contributed by atoms with van der Waals surface area (Å²) >= 11 is 3.24. The van der Waals surface area contributed by atoms with Crippen molar-refractivity contribution >= 4 is 28.6 Å². The van der Waals surface area contributed by atoms with E-state index in [1.165, 1.54) is 6.66 Å². The summed E-state index contributed by atoms with van der Waals surface area (Å²) < 4.78 is 12.0. The van der Waals surface area contributed by atoms with Crippen LogP contribution in [0.3, 0.4) is 0 Å². The van der Waals surface area contributed by atoms with Crippen LogP contribution in [0.5, 0.6) is 0 Å². The quantitative estimate of drug-likeness (QED) is 0.755. The predicted octanol–water partition coefficient (Wildman–Crippen LogP) is 1.97. The van der Waals surface area contributed by atoms with Crippen LogP contribution in [0.2, 0.25) is 0 Å². The Morgan fingerprint density at radius 2 is 1.82 bits per heavy atom. The minimum atomic E-state index is -3.06. The number of halogens is 1. The fourth-order valence-electron chi connectivity index (χ4n) is 0.718. The summed E-state index contributed by atoms with van der Waals surface area (Å²) in [6, 6.07) is 6.79. The van der Waals surface area contributed by atoms with E-state index in [9.17, 15) is 4.57 Å². The Balaban J connectivity index is 3.09. The van der Waals surface area contributed by atoms with Crippen LogP contribution >= 0.6 is 23.3 Å². The number of rotatable bonds is 1. The van der Waals surface area contributed by atoms with Crippen molar-refractivity contribution in [2.45, 2.75) is 0 Å². The molecular formula is C7H8BrO2P. The summed E-state index contributed by atoms with van der Waals surface area (Å²) in [6.45, 7) is 1.33. The highest BCUT2D eigenvalue weighted by Crippen LogP contribution is 2.33. The zero-order valence-corrected chi connectivity index (χ0v) is 8.47. The van der Waals surface area contributed by atoms with Gasteiger partial charge < -0.3 is 4.89 Å². The van der Waals surface area contributed by atoms with Gasteiger partial charge in [0.1, 0.15) is 0 Å². The average molecular weight is 235 g/mol. The van der Waals surface area contributed by atoms with Crippen molar-refractivity contribution in [1.29, 1.82) is 0 Å². The van der Waals surface area contributed by atoms with Gasteiger partial charge in [-0.2, -0.15) is 0 Å². The topological polar surface area (TPSA) is 37.3 Å². The highest BCUT2D eigenvalue weighted by atomic mass is 79.9. The third-order valence-electron chi connectivity index (χ3n) is 1.31. The Bertz CT molecular complexity index is 288. The van der Waals surface area contributed by atoms with Gasteiger partial charge in [-0.3, -0.25) is 4.57 Å². The zero-order valence-electron chi connectivity index (χ0n) is 5.99. The maximum Gasteiger partial charge on any atom is 0.226 e. The fourth-order valence-corrected chi connectivity index (χ4v) is 1.68. The summed E-state index contributed by atoms with van der Waals surface area (Å²) in [5, 5.41) is 0.487. The molecule has 11 heavy (non-hydrogen) atoms. The molecule has 0 aliphatic rings. The van der Waals surface area contributed by atoms with Crippen LogP contribution in [-0.2, 0) is 4.57 Å². The third-order valence-corrected chi connectivity index (χ3v) is 3.09. The molecule has 1 unspecified atom stereocenters. The van der Waals surface area contributed by atoms with Crippen LogP contribution in [0, 0.1) is 0 Å². The van der Waals surface area contributed by atoms with Gasteiger partial charge in [-0.25, -0.2) is 0 Å². The van der Waals surface area contributed by atoms with Gasteiger partial charge in [0.2, 0.25) is 7.37 Å². The van der Waals surface area contributed by atoms with Crippen LogP contribution < -0.4 is 5.30 Å². The number of benzene rings is 1. The van der Waals surface area contributed by atoms with Gasteiger partial charge in [0.15, 0.2) is 0 Å². The molecular weight excluding hydrogens is 227 g/mol. The normalized spacial score (nSPS) is 15.9. The number of hydrogen-bond acceptors (Lipinski definition) is 1. The molecule has 0 saturated carbocycles. The van der Waals surface area contributed by atoms with E-state index in [2.05, 4.69) is 15.9 Å². The van der Waals surface area contributed by atoms with Crippen molar-refractivity contribution < 1.29 is 9.46 Å². The smallest absolute Gasteiger partial charge is 0.226 e. The zero-order chi connectivity index (χ0) is 8.48. The van der Waals surface area contributed by atoms with Crippen LogP contribution in [0.15, 0.2) is 28.7 Å². The maximum absolute atomic E-state index is 11.1. The van der Waals surface area contributed by atoms with Crippen molar-refractivity contribution in [2.24, 2.45) is 0 Å². The monoisotopic (exact) mass is 234 g/mol. The molecule has 1 aromatic rings. The Morgan fingerprint density at radius 1 is 1.36 bits per heavy atom. The van der Waals surface area contributed by atoms with Gasteiger partial charge in [0, 0.05) is 16.4 Å². The molecule has 0 aliphatic heterocycles. The highest BCUT2D eigenvalue weighted by Gasteiger charge is 2.11. The summed E-state index contributed by atoms with van der Waals surface area (Å²) in [5.74, 6) is 0. The summed E-state index contributed by atoms with van der Waals surface area (Å²) in [7, 11) is -3.06. The minimum absolute atomic E-state index is 0.487. The second-order valence-electron chi connectivity index (χ2n) is 2.36. The lowest BCUT2D eigenvalue weighted by molar-refractivity contribution is 0.496. The van der Waals surface area contributed by atoms with Crippen molar-refractivity contribution in [3.8, 4) is 0 Å². The highest BCUT2D eigenvalue weighted by molar-refractivity contribution is 9.10. The first-order valence-electron chi connectivity index (χ1n) is 3.06. The van der Waals surface area contributed by atoms with Gasteiger partial charge in [0.05, 0.1) is 0 Å². The summed E-state index contributed by atoms with van der Waals surface area (Å²) in [4.78, 5) is 9.12. The molecule has 0 saturated heterocycles. The molecule has 0 aromatic heterocycles. The van der Waals surface area contributed by atoms with E-state index in [1.807, 2.05) is 0 Å². The molecule has 1 atom stereocenters. The lowest BCUT2D eigenvalue weighted by atomic mass is 10.4.